The first kappa shape index (κ1) is 23.0. The zero-order chi connectivity index (χ0) is 20.1. The van der Waals surface area contributed by atoms with Crippen molar-refractivity contribution >= 4 is 17.5 Å². The monoisotopic (exact) mass is 376 g/mol. The van der Waals surface area contributed by atoms with Gasteiger partial charge in [0.15, 0.2) is 0 Å². The zero-order valence-electron chi connectivity index (χ0n) is 17.1. The smallest absolute Gasteiger partial charge is 0.242 e. The van der Waals surface area contributed by atoms with Gasteiger partial charge in [-0.2, -0.15) is 0 Å². The number of nitrogens with one attached hydrogen (secondary N) is 3. The van der Waals surface area contributed by atoms with Gasteiger partial charge in [0.25, 0.3) is 0 Å². The van der Waals surface area contributed by atoms with Crippen LogP contribution in [0.4, 0.5) is 5.69 Å². The van der Waals surface area contributed by atoms with Gasteiger partial charge in [0, 0.05) is 25.1 Å². The van der Waals surface area contributed by atoms with Crippen LogP contribution in [0, 0.1) is 6.92 Å². The number of nitrogens with two attached hydrogens (primary N) is 1. The molecule has 5 N–H and O–H groups in total. The molecule has 2 amide bonds. The molecule has 0 saturated heterocycles. The molecule has 0 aliphatic rings. The first-order valence-electron chi connectivity index (χ1n) is 10.1. The van der Waals surface area contributed by atoms with Crippen molar-refractivity contribution in [3.63, 3.8) is 0 Å². The molecule has 27 heavy (non-hydrogen) atoms. The molecule has 0 aromatic heterocycles. The van der Waals surface area contributed by atoms with Gasteiger partial charge < -0.3 is 21.7 Å². The van der Waals surface area contributed by atoms with Crippen LogP contribution in [0.15, 0.2) is 18.2 Å². The quantitative estimate of drug-likeness (QED) is 0.314. The fourth-order valence-electron chi connectivity index (χ4n) is 2.87. The van der Waals surface area contributed by atoms with E-state index in [0.717, 1.165) is 49.9 Å². The van der Waals surface area contributed by atoms with Gasteiger partial charge in [-0.05, 0) is 62.5 Å². The van der Waals surface area contributed by atoms with Gasteiger partial charge in [-0.25, -0.2) is 0 Å². The van der Waals surface area contributed by atoms with Gasteiger partial charge in [0.05, 0.1) is 0 Å². The molecule has 0 radical (unpaired) electrons. The van der Waals surface area contributed by atoms with E-state index in [-0.39, 0.29) is 11.8 Å². The van der Waals surface area contributed by atoms with E-state index in [2.05, 4.69) is 22.9 Å². The molecule has 0 fully saturated rings. The number of anilines is 1. The van der Waals surface area contributed by atoms with Crippen LogP contribution in [0.5, 0.6) is 0 Å². The third-order valence-electron chi connectivity index (χ3n) is 4.53. The molecule has 1 atom stereocenters. The summed E-state index contributed by atoms with van der Waals surface area (Å²) in [4.78, 5) is 24.8. The molecule has 0 heterocycles. The predicted molar refractivity (Wildman–Crippen MR) is 112 cm³/mol. The first-order valence-corrected chi connectivity index (χ1v) is 10.1. The molecule has 0 spiro atoms. The lowest BCUT2D eigenvalue weighted by Crippen LogP contribution is -2.48. The van der Waals surface area contributed by atoms with Crippen molar-refractivity contribution in [3.05, 3.63) is 29.3 Å². The van der Waals surface area contributed by atoms with Crippen molar-refractivity contribution in [1.29, 1.82) is 0 Å². The minimum atomic E-state index is -0.564. The Labute approximate surface area is 163 Å². The van der Waals surface area contributed by atoms with Crippen LogP contribution in [-0.4, -0.2) is 37.5 Å². The number of unbranched alkanes of at least 4 members (excludes halogenated alkanes) is 2. The van der Waals surface area contributed by atoms with Gasteiger partial charge in [0.2, 0.25) is 11.8 Å². The maximum atomic E-state index is 12.7. The van der Waals surface area contributed by atoms with Crippen LogP contribution in [0.25, 0.3) is 0 Å². The Morgan fingerprint density at radius 3 is 2.52 bits per heavy atom. The van der Waals surface area contributed by atoms with Gasteiger partial charge in [-0.3, -0.25) is 9.59 Å². The van der Waals surface area contributed by atoms with Crippen LogP contribution in [0.2, 0.25) is 0 Å². The number of aryl methyl sites for hydroxylation is 1. The van der Waals surface area contributed by atoms with Crippen molar-refractivity contribution in [1.82, 2.24) is 16.0 Å². The summed E-state index contributed by atoms with van der Waals surface area (Å²) in [6.45, 7) is 8.62. The maximum absolute atomic E-state index is 12.7. The highest BCUT2D eigenvalue weighted by Gasteiger charge is 2.21. The Kier molecular flexibility index (Phi) is 11.2. The van der Waals surface area contributed by atoms with E-state index in [0.29, 0.717) is 25.1 Å². The van der Waals surface area contributed by atoms with E-state index in [4.69, 9.17) is 5.73 Å². The molecule has 0 saturated carbocycles. The number of carbonyl (C=O) groups excluding carboxylic acids is 2. The number of benzene rings is 1. The predicted octanol–water partition coefficient (Wildman–Crippen LogP) is 2.30. The molecule has 0 aliphatic carbocycles. The molecule has 6 heteroatoms. The van der Waals surface area contributed by atoms with Gasteiger partial charge in [-0.1, -0.05) is 26.3 Å². The lowest BCUT2D eigenvalue weighted by atomic mass is 9.99. The lowest BCUT2D eigenvalue weighted by molar-refractivity contribution is -0.129. The molecule has 1 aromatic rings. The molecule has 1 unspecified atom stereocenters. The summed E-state index contributed by atoms with van der Waals surface area (Å²) in [6, 6.07) is 5.09. The SMILES string of the molecule is CCCCC(=O)NC(Cc1ccc(N)cc1C)C(=O)NCCCCNCC. The van der Waals surface area contributed by atoms with Crippen molar-refractivity contribution in [2.75, 3.05) is 25.4 Å². The Hall–Kier alpha value is -2.08. The van der Waals surface area contributed by atoms with E-state index in [1.807, 2.05) is 32.0 Å². The van der Waals surface area contributed by atoms with E-state index >= 15 is 0 Å². The second-order valence-electron chi connectivity index (χ2n) is 6.97. The fourth-order valence-corrected chi connectivity index (χ4v) is 2.87. The molecule has 1 aromatic carbocycles. The van der Waals surface area contributed by atoms with E-state index in [1.54, 1.807) is 0 Å². The number of hydrogen-bond acceptors (Lipinski definition) is 4. The molecule has 152 valence electrons. The number of carbonyl (C=O) groups is 2. The van der Waals surface area contributed by atoms with Crippen LogP contribution >= 0.6 is 0 Å². The largest absolute Gasteiger partial charge is 0.399 e. The highest BCUT2D eigenvalue weighted by Crippen LogP contribution is 2.15. The average molecular weight is 377 g/mol. The molecule has 1 rings (SSSR count). The van der Waals surface area contributed by atoms with Crippen LogP contribution < -0.4 is 21.7 Å². The molecule has 0 aliphatic heterocycles. The van der Waals surface area contributed by atoms with E-state index < -0.39 is 6.04 Å². The first-order chi connectivity index (χ1) is 13.0. The highest BCUT2D eigenvalue weighted by molar-refractivity contribution is 5.87. The molecule has 0 bridgehead atoms. The highest BCUT2D eigenvalue weighted by atomic mass is 16.2. The summed E-state index contributed by atoms with van der Waals surface area (Å²) < 4.78 is 0. The standard InChI is InChI=1S/C21H36N4O2/c1-4-6-9-20(26)25-19(15-17-10-11-18(22)14-16(17)3)21(27)24-13-8-7-12-23-5-2/h10-11,14,19,23H,4-9,12-13,15,22H2,1-3H3,(H,24,27)(H,25,26). The Morgan fingerprint density at radius 1 is 1.11 bits per heavy atom. The van der Waals surface area contributed by atoms with Crippen molar-refractivity contribution in [2.45, 2.75) is 65.3 Å². The summed E-state index contributed by atoms with van der Waals surface area (Å²) in [5.41, 5.74) is 8.56. The summed E-state index contributed by atoms with van der Waals surface area (Å²) in [6.07, 6.45) is 4.62. The second kappa shape index (κ2) is 13.1. The zero-order valence-corrected chi connectivity index (χ0v) is 17.1. The number of nitrogen functional groups attached to an aromatic ring is 1. The Balaban J connectivity index is 2.66. The van der Waals surface area contributed by atoms with Crippen LogP contribution in [-0.2, 0) is 16.0 Å². The van der Waals surface area contributed by atoms with E-state index in [1.165, 1.54) is 0 Å². The summed E-state index contributed by atoms with van der Waals surface area (Å²) in [7, 11) is 0. The van der Waals surface area contributed by atoms with Crippen molar-refractivity contribution in [3.8, 4) is 0 Å². The van der Waals surface area contributed by atoms with E-state index in [9.17, 15) is 9.59 Å². The Morgan fingerprint density at radius 2 is 1.85 bits per heavy atom. The van der Waals surface area contributed by atoms with Gasteiger partial charge >= 0.3 is 0 Å². The van der Waals surface area contributed by atoms with Crippen molar-refractivity contribution < 1.29 is 9.59 Å². The van der Waals surface area contributed by atoms with Crippen LogP contribution in [0.1, 0.15) is 57.1 Å². The average Bonchev–Trinajstić information content (AvgIpc) is 2.64. The summed E-state index contributed by atoms with van der Waals surface area (Å²) in [5.74, 6) is -0.197. The molecular formula is C21H36N4O2. The van der Waals surface area contributed by atoms with Crippen molar-refractivity contribution in [2.24, 2.45) is 0 Å². The minimum Gasteiger partial charge on any atom is -0.399 e. The summed E-state index contributed by atoms with van der Waals surface area (Å²) >= 11 is 0. The van der Waals surface area contributed by atoms with Crippen LogP contribution in [0.3, 0.4) is 0 Å². The number of hydrogen-bond donors (Lipinski definition) is 4. The van der Waals surface area contributed by atoms with Gasteiger partial charge in [0.1, 0.15) is 6.04 Å². The fraction of sp³-hybridized carbons (Fsp3) is 0.619. The third kappa shape index (κ3) is 9.43. The second-order valence-corrected chi connectivity index (χ2v) is 6.97. The number of rotatable bonds is 13. The summed E-state index contributed by atoms with van der Waals surface area (Å²) in [5, 5.41) is 9.14. The minimum absolute atomic E-state index is 0.0720. The third-order valence-corrected chi connectivity index (χ3v) is 4.53. The normalized spacial score (nSPS) is 11.8. The Bertz CT molecular complexity index is 590. The molecular weight excluding hydrogens is 340 g/mol. The number of amides is 2. The van der Waals surface area contributed by atoms with Gasteiger partial charge in [-0.15, -0.1) is 0 Å². The molecule has 6 nitrogen and oxygen atoms in total. The topological polar surface area (TPSA) is 96.2 Å². The maximum Gasteiger partial charge on any atom is 0.242 e. The lowest BCUT2D eigenvalue weighted by Gasteiger charge is -2.20.